The van der Waals surface area contributed by atoms with Gasteiger partial charge in [0.05, 0.1) is 0 Å². The number of amides is 1. The van der Waals surface area contributed by atoms with E-state index in [1.807, 2.05) is 24.3 Å². The molecule has 2 atom stereocenters. The highest BCUT2D eigenvalue weighted by molar-refractivity contribution is 14.0. The van der Waals surface area contributed by atoms with Gasteiger partial charge in [0.25, 0.3) is 5.91 Å². The quantitative estimate of drug-likeness (QED) is 0.268. The van der Waals surface area contributed by atoms with Crippen molar-refractivity contribution in [2.24, 2.45) is 10.9 Å². The molecule has 2 aromatic rings. The molecule has 0 bridgehead atoms. The lowest BCUT2D eigenvalue weighted by Crippen LogP contribution is -2.39. The van der Waals surface area contributed by atoms with Crippen molar-refractivity contribution in [1.29, 1.82) is 0 Å². The third kappa shape index (κ3) is 7.88. The van der Waals surface area contributed by atoms with Gasteiger partial charge in [-0.1, -0.05) is 25.1 Å². The number of carbonyl (C=O) groups excluding carboxylic acids is 1. The van der Waals surface area contributed by atoms with E-state index >= 15 is 0 Å². The molecule has 3 rings (SSSR count). The zero-order valence-corrected chi connectivity index (χ0v) is 20.7. The predicted octanol–water partition coefficient (Wildman–Crippen LogP) is 4.03. The van der Waals surface area contributed by atoms with Crippen molar-refractivity contribution >= 4 is 52.9 Å². The van der Waals surface area contributed by atoms with E-state index in [9.17, 15) is 4.79 Å². The van der Waals surface area contributed by atoms with Crippen molar-refractivity contribution in [3.05, 3.63) is 52.2 Å². The molecule has 30 heavy (non-hydrogen) atoms. The first-order chi connectivity index (χ1) is 14.1. The number of aliphatic imine (C=N–C) groups is 1. The molecule has 6 nitrogen and oxygen atoms in total. The lowest BCUT2D eigenvalue weighted by Gasteiger charge is -2.16. The summed E-state index contributed by atoms with van der Waals surface area (Å²) in [5.41, 5.74) is 1.86. The number of carbonyl (C=O) groups is 1. The number of benzene rings is 1. The first kappa shape index (κ1) is 24.6. The topological polar surface area (TPSA) is 74.8 Å². The maximum absolute atomic E-state index is 12.2. The van der Waals surface area contributed by atoms with Gasteiger partial charge in [-0.25, -0.2) is 0 Å². The molecule has 0 saturated carbocycles. The van der Waals surface area contributed by atoms with Crippen LogP contribution in [-0.4, -0.2) is 38.2 Å². The fourth-order valence-electron chi connectivity index (χ4n) is 3.29. The lowest BCUT2D eigenvalue weighted by molar-refractivity contribution is -0.124. The first-order valence-corrected chi connectivity index (χ1v) is 11.0. The van der Waals surface area contributed by atoms with E-state index in [0.29, 0.717) is 19.1 Å². The summed E-state index contributed by atoms with van der Waals surface area (Å²) in [5, 5.41) is 11.8. The van der Waals surface area contributed by atoms with Crippen molar-refractivity contribution in [2.75, 3.05) is 25.5 Å². The van der Waals surface area contributed by atoms with Crippen molar-refractivity contribution in [2.45, 2.75) is 38.8 Å². The Morgan fingerprint density at radius 2 is 2.17 bits per heavy atom. The second-order valence-corrected chi connectivity index (χ2v) is 8.42. The van der Waals surface area contributed by atoms with Crippen molar-refractivity contribution in [1.82, 2.24) is 10.6 Å². The van der Waals surface area contributed by atoms with Crippen LogP contribution in [0.3, 0.4) is 0 Å². The molecular formula is C22H31IN4O2S. The normalized spacial score (nSPS) is 17.1. The molecule has 1 aliphatic rings. The minimum Gasteiger partial charge on any atom is -0.368 e. The zero-order valence-electron chi connectivity index (χ0n) is 17.5. The van der Waals surface area contributed by atoms with Crippen LogP contribution in [0.1, 0.15) is 30.2 Å². The van der Waals surface area contributed by atoms with Crippen LogP contribution >= 0.6 is 35.3 Å². The maximum Gasteiger partial charge on any atom is 0.253 e. The van der Waals surface area contributed by atoms with Crippen LogP contribution in [0.15, 0.2) is 46.8 Å². The van der Waals surface area contributed by atoms with Gasteiger partial charge in [-0.15, -0.1) is 35.3 Å². The number of guanidine groups is 1. The molecule has 1 fully saturated rings. The third-order valence-corrected chi connectivity index (χ3v) is 5.75. The van der Waals surface area contributed by atoms with E-state index in [0.717, 1.165) is 43.0 Å². The second kappa shape index (κ2) is 12.9. The number of hydrogen-bond acceptors (Lipinski definition) is 4. The van der Waals surface area contributed by atoms with Gasteiger partial charge in [0.2, 0.25) is 0 Å². The van der Waals surface area contributed by atoms with Gasteiger partial charge in [0.1, 0.15) is 6.10 Å². The minimum atomic E-state index is -0.323. The van der Waals surface area contributed by atoms with Gasteiger partial charge in [-0.05, 0) is 54.3 Å². The molecule has 1 aromatic heterocycles. The van der Waals surface area contributed by atoms with E-state index in [1.165, 1.54) is 4.88 Å². The Morgan fingerprint density at radius 1 is 1.30 bits per heavy atom. The van der Waals surface area contributed by atoms with Crippen LogP contribution in [0.4, 0.5) is 5.69 Å². The van der Waals surface area contributed by atoms with E-state index in [-0.39, 0.29) is 36.0 Å². The average Bonchev–Trinajstić information content (AvgIpc) is 3.42. The highest BCUT2D eigenvalue weighted by Gasteiger charge is 2.23. The Bertz CT molecular complexity index is 807. The number of nitrogens with one attached hydrogen (secondary N) is 3. The average molecular weight is 542 g/mol. The third-order valence-electron chi connectivity index (χ3n) is 4.85. The Balaban J connectivity index is 0.00000320. The summed E-state index contributed by atoms with van der Waals surface area (Å²) >= 11 is 1.80. The summed E-state index contributed by atoms with van der Waals surface area (Å²) in [7, 11) is 1.78. The second-order valence-electron chi connectivity index (χ2n) is 7.39. The molecule has 3 N–H and O–H groups in total. The molecule has 8 heteroatoms. The van der Waals surface area contributed by atoms with Crippen molar-refractivity contribution in [3.63, 3.8) is 0 Å². The van der Waals surface area contributed by atoms with Gasteiger partial charge < -0.3 is 20.7 Å². The molecule has 0 aliphatic carbocycles. The van der Waals surface area contributed by atoms with E-state index in [2.05, 4.69) is 45.4 Å². The number of nitrogens with zero attached hydrogens (tertiary/aromatic N) is 1. The van der Waals surface area contributed by atoms with Gasteiger partial charge in [0, 0.05) is 37.3 Å². The number of anilines is 1. The van der Waals surface area contributed by atoms with Crippen LogP contribution in [-0.2, 0) is 22.5 Å². The molecule has 164 valence electrons. The molecule has 1 aromatic carbocycles. The summed E-state index contributed by atoms with van der Waals surface area (Å²) in [6.07, 6.45) is 2.48. The largest absolute Gasteiger partial charge is 0.368 e. The van der Waals surface area contributed by atoms with Gasteiger partial charge >= 0.3 is 0 Å². The highest BCUT2D eigenvalue weighted by atomic mass is 127. The Labute approximate surface area is 199 Å². The summed E-state index contributed by atoms with van der Waals surface area (Å²) in [6, 6.07) is 12.1. The Kier molecular flexibility index (Phi) is 10.6. The van der Waals surface area contributed by atoms with Crippen LogP contribution in [0.5, 0.6) is 0 Å². The van der Waals surface area contributed by atoms with Crippen molar-refractivity contribution < 1.29 is 9.53 Å². The van der Waals surface area contributed by atoms with Crippen LogP contribution in [0.25, 0.3) is 0 Å². The number of ether oxygens (including phenoxy) is 1. The number of rotatable bonds is 8. The maximum atomic E-state index is 12.2. The van der Waals surface area contributed by atoms with Crippen molar-refractivity contribution in [3.8, 4) is 0 Å². The molecular weight excluding hydrogens is 511 g/mol. The summed E-state index contributed by atoms with van der Waals surface area (Å²) < 4.78 is 5.44. The summed E-state index contributed by atoms with van der Waals surface area (Å²) in [4.78, 5) is 17.9. The van der Waals surface area contributed by atoms with Gasteiger partial charge in [-0.2, -0.15) is 0 Å². The zero-order chi connectivity index (χ0) is 20.5. The standard InChI is InChI=1S/C22H30N4O2S.HI/c1-16(12-19-8-5-11-29-19)14-24-22(23-2)25-15-17-6-3-7-18(13-17)26-21(27)20-9-4-10-28-20;/h3,5-8,11,13,16,20H,4,9-10,12,14-15H2,1-2H3,(H,26,27)(H2,23,24,25);1H. The molecule has 1 saturated heterocycles. The monoisotopic (exact) mass is 542 g/mol. The lowest BCUT2D eigenvalue weighted by atomic mass is 10.1. The number of thiophene rings is 1. The van der Waals surface area contributed by atoms with Gasteiger partial charge in [0.15, 0.2) is 5.96 Å². The van der Waals surface area contributed by atoms with E-state index < -0.39 is 0 Å². The predicted molar refractivity (Wildman–Crippen MR) is 135 cm³/mol. The first-order valence-electron chi connectivity index (χ1n) is 10.1. The van der Waals surface area contributed by atoms with E-state index in [1.54, 1.807) is 18.4 Å². The van der Waals surface area contributed by atoms with Crippen LogP contribution in [0.2, 0.25) is 0 Å². The fraction of sp³-hybridized carbons (Fsp3) is 0.455. The molecule has 1 aliphatic heterocycles. The number of halogens is 1. The van der Waals surface area contributed by atoms with Crippen LogP contribution in [0, 0.1) is 5.92 Å². The minimum absolute atomic E-state index is 0. The SMILES string of the molecule is CN=C(NCc1cccc(NC(=O)C2CCCO2)c1)NCC(C)Cc1cccs1.I. The molecule has 0 spiro atoms. The van der Waals surface area contributed by atoms with Gasteiger partial charge in [-0.3, -0.25) is 9.79 Å². The smallest absolute Gasteiger partial charge is 0.253 e. The molecule has 2 heterocycles. The molecule has 1 amide bonds. The molecule has 0 radical (unpaired) electrons. The van der Waals surface area contributed by atoms with E-state index in [4.69, 9.17) is 4.74 Å². The Hall–Kier alpha value is -1.65. The highest BCUT2D eigenvalue weighted by Crippen LogP contribution is 2.16. The summed E-state index contributed by atoms with van der Waals surface area (Å²) in [5.74, 6) is 1.23. The summed E-state index contributed by atoms with van der Waals surface area (Å²) in [6.45, 7) is 4.39. The number of hydrogen-bond donors (Lipinski definition) is 3. The fourth-order valence-corrected chi connectivity index (χ4v) is 4.16. The molecule has 2 unspecified atom stereocenters. The Morgan fingerprint density at radius 3 is 2.87 bits per heavy atom. The van der Waals surface area contributed by atoms with Crippen LogP contribution < -0.4 is 16.0 Å².